The van der Waals surface area contributed by atoms with E-state index in [0.29, 0.717) is 18.7 Å². The van der Waals surface area contributed by atoms with Gasteiger partial charge < -0.3 is 19.9 Å². The molecule has 6 nitrogen and oxygen atoms in total. The zero-order valence-corrected chi connectivity index (χ0v) is 14.3. The van der Waals surface area contributed by atoms with Gasteiger partial charge in [0.1, 0.15) is 5.82 Å². The Morgan fingerprint density at radius 3 is 3.08 bits per heavy atom. The highest BCUT2D eigenvalue weighted by molar-refractivity contribution is 5.74. The number of amides is 2. The van der Waals surface area contributed by atoms with Gasteiger partial charge in [-0.15, -0.1) is 0 Å². The number of aromatic amines is 1. The first-order chi connectivity index (χ1) is 12.2. The van der Waals surface area contributed by atoms with Gasteiger partial charge in [0.05, 0.1) is 12.6 Å². The molecule has 134 valence electrons. The van der Waals surface area contributed by atoms with Gasteiger partial charge in [0.15, 0.2) is 11.6 Å². The first-order valence-electron chi connectivity index (χ1n) is 8.64. The molecular weight excluding hydrogens is 323 g/mol. The number of carbonyl (C=O) groups is 1. The zero-order chi connectivity index (χ0) is 17.6. The summed E-state index contributed by atoms with van der Waals surface area (Å²) < 4.78 is 19.1. The standard InChI is InChI=1S/C18H23FN4O2/c1-2-25-16-7-6-13(11-14(16)19)12-22-18(24)23-10-4-3-5-15(23)17-20-8-9-21-17/h6-9,11,15H,2-5,10,12H2,1H3,(H,20,21)(H,22,24)/t15-/m1/s1. The molecule has 2 heterocycles. The van der Waals surface area contributed by atoms with Crippen LogP contribution in [0.5, 0.6) is 5.75 Å². The number of urea groups is 1. The first kappa shape index (κ1) is 17.3. The summed E-state index contributed by atoms with van der Waals surface area (Å²) in [5, 5.41) is 2.88. The minimum absolute atomic E-state index is 0.0409. The molecule has 1 aliphatic heterocycles. The second-order valence-corrected chi connectivity index (χ2v) is 6.04. The third-order valence-electron chi connectivity index (χ3n) is 4.34. The van der Waals surface area contributed by atoms with E-state index in [9.17, 15) is 9.18 Å². The number of aromatic nitrogens is 2. The van der Waals surface area contributed by atoms with Crippen molar-refractivity contribution in [1.29, 1.82) is 0 Å². The molecule has 25 heavy (non-hydrogen) atoms. The summed E-state index contributed by atoms with van der Waals surface area (Å²) in [4.78, 5) is 21.8. The fourth-order valence-corrected chi connectivity index (χ4v) is 3.12. The highest BCUT2D eigenvalue weighted by Gasteiger charge is 2.29. The molecule has 1 atom stereocenters. The molecule has 3 rings (SSSR count). The van der Waals surface area contributed by atoms with Crippen molar-refractivity contribution in [2.24, 2.45) is 0 Å². The van der Waals surface area contributed by atoms with Crippen LogP contribution in [0.15, 0.2) is 30.6 Å². The molecule has 0 aliphatic carbocycles. The summed E-state index contributed by atoms with van der Waals surface area (Å²) in [6.45, 7) is 3.18. The molecule has 0 saturated carbocycles. The highest BCUT2D eigenvalue weighted by Crippen LogP contribution is 2.28. The number of hydrogen-bond donors (Lipinski definition) is 2. The predicted molar refractivity (Wildman–Crippen MR) is 91.7 cm³/mol. The van der Waals surface area contributed by atoms with Gasteiger partial charge in [0.25, 0.3) is 0 Å². The van der Waals surface area contributed by atoms with E-state index >= 15 is 0 Å². The fraction of sp³-hybridized carbons (Fsp3) is 0.444. The number of rotatable bonds is 5. The molecule has 1 aromatic heterocycles. The van der Waals surface area contributed by atoms with Crippen LogP contribution < -0.4 is 10.1 Å². The quantitative estimate of drug-likeness (QED) is 0.872. The lowest BCUT2D eigenvalue weighted by Gasteiger charge is -2.34. The Morgan fingerprint density at radius 1 is 1.48 bits per heavy atom. The van der Waals surface area contributed by atoms with Crippen molar-refractivity contribution in [3.05, 3.63) is 47.8 Å². The molecule has 0 unspecified atom stereocenters. The number of likely N-dealkylation sites (tertiary alicyclic amines) is 1. The summed E-state index contributed by atoms with van der Waals surface area (Å²) in [6.07, 6.45) is 6.39. The van der Waals surface area contributed by atoms with Gasteiger partial charge in [-0.2, -0.15) is 0 Å². The number of nitrogens with zero attached hydrogens (tertiary/aromatic N) is 2. The van der Waals surface area contributed by atoms with Crippen LogP contribution in [0.1, 0.15) is 43.6 Å². The first-order valence-corrected chi connectivity index (χ1v) is 8.64. The van der Waals surface area contributed by atoms with E-state index in [0.717, 1.165) is 25.1 Å². The van der Waals surface area contributed by atoms with Gasteiger partial charge in [-0.3, -0.25) is 0 Å². The second-order valence-electron chi connectivity index (χ2n) is 6.04. The van der Waals surface area contributed by atoms with E-state index in [4.69, 9.17) is 4.74 Å². The summed E-state index contributed by atoms with van der Waals surface area (Å²) in [5.74, 6) is 0.619. The number of H-pyrrole nitrogens is 1. The van der Waals surface area contributed by atoms with Crippen LogP contribution in [0.2, 0.25) is 0 Å². The van der Waals surface area contributed by atoms with Crippen molar-refractivity contribution in [1.82, 2.24) is 20.2 Å². The number of ether oxygens (including phenoxy) is 1. The SMILES string of the molecule is CCOc1ccc(CNC(=O)N2CCCC[C@@H]2c2ncc[nH]2)cc1F. The number of carbonyl (C=O) groups excluding carboxylic acids is 1. The van der Waals surface area contributed by atoms with Gasteiger partial charge in [-0.1, -0.05) is 6.07 Å². The maximum Gasteiger partial charge on any atom is 0.318 e. The Labute approximate surface area is 146 Å². The van der Waals surface area contributed by atoms with E-state index in [-0.39, 0.29) is 24.4 Å². The van der Waals surface area contributed by atoms with Crippen molar-refractivity contribution in [2.45, 2.75) is 38.8 Å². The predicted octanol–water partition coefficient (Wildman–Crippen LogP) is 3.38. The monoisotopic (exact) mass is 346 g/mol. The molecular formula is C18H23FN4O2. The van der Waals surface area contributed by atoms with E-state index in [1.54, 1.807) is 29.4 Å². The fourth-order valence-electron chi connectivity index (χ4n) is 3.12. The van der Waals surface area contributed by atoms with Crippen LogP contribution >= 0.6 is 0 Å². The van der Waals surface area contributed by atoms with Gasteiger partial charge in [-0.05, 0) is 43.9 Å². The number of imidazole rings is 1. The average Bonchev–Trinajstić information content (AvgIpc) is 3.16. The lowest BCUT2D eigenvalue weighted by atomic mass is 10.0. The minimum atomic E-state index is -0.417. The van der Waals surface area contributed by atoms with E-state index in [2.05, 4.69) is 15.3 Å². The molecule has 0 spiro atoms. The molecule has 0 bridgehead atoms. The summed E-state index contributed by atoms with van der Waals surface area (Å²) in [7, 11) is 0. The molecule has 2 amide bonds. The van der Waals surface area contributed by atoms with E-state index < -0.39 is 5.82 Å². The largest absolute Gasteiger partial charge is 0.491 e. The van der Waals surface area contributed by atoms with Crippen LogP contribution in [0.3, 0.4) is 0 Å². The van der Waals surface area contributed by atoms with Crippen LogP contribution in [0.25, 0.3) is 0 Å². The van der Waals surface area contributed by atoms with Gasteiger partial charge >= 0.3 is 6.03 Å². The van der Waals surface area contributed by atoms with Gasteiger partial charge in [-0.25, -0.2) is 14.2 Å². The van der Waals surface area contributed by atoms with Gasteiger partial charge in [0, 0.05) is 25.5 Å². The number of halogens is 1. The minimum Gasteiger partial charge on any atom is -0.491 e. The van der Waals surface area contributed by atoms with E-state index in [1.165, 1.54) is 6.07 Å². The van der Waals surface area contributed by atoms with Crippen molar-refractivity contribution in [3.8, 4) is 5.75 Å². The van der Waals surface area contributed by atoms with Crippen LogP contribution in [0, 0.1) is 5.82 Å². The molecule has 2 aromatic rings. The maximum absolute atomic E-state index is 13.9. The molecule has 1 aromatic carbocycles. The number of hydrogen-bond acceptors (Lipinski definition) is 3. The Kier molecular flexibility index (Phi) is 5.53. The Bertz CT molecular complexity index is 705. The number of nitrogens with one attached hydrogen (secondary N) is 2. The summed E-state index contributed by atoms with van der Waals surface area (Å²) in [6, 6.07) is 4.55. The zero-order valence-electron chi connectivity index (χ0n) is 14.3. The van der Waals surface area contributed by atoms with Crippen LogP contribution in [0.4, 0.5) is 9.18 Å². The third kappa shape index (κ3) is 4.10. The Hall–Kier alpha value is -2.57. The lowest BCUT2D eigenvalue weighted by Crippen LogP contribution is -2.44. The second kappa shape index (κ2) is 8.00. The topological polar surface area (TPSA) is 70.2 Å². The Morgan fingerprint density at radius 2 is 2.36 bits per heavy atom. The van der Waals surface area contributed by atoms with Crippen molar-refractivity contribution in [2.75, 3.05) is 13.2 Å². The highest BCUT2D eigenvalue weighted by atomic mass is 19.1. The Balaban J connectivity index is 1.62. The van der Waals surface area contributed by atoms with Gasteiger partial charge in [0.2, 0.25) is 0 Å². The van der Waals surface area contributed by atoms with Crippen molar-refractivity contribution >= 4 is 6.03 Å². The molecule has 1 saturated heterocycles. The number of piperidine rings is 1. The third-order valence-corrected chi connectivity index (χ3v) is 4.34. The molecule has 7 heteroatoms. The normalized spacial score (nSPS) is 17.4. The van der Waals surface area contributed by atoms with Crippen LogP contribution in [-0.2, 0) is 6.54 Å². The van der Waals surface area contributed by atoms with Crippen molar-refractivity contribution in [3.63, 3.8) is 0 Å². The lowest BCUT2D eigenvalue weighted by molar-refractivity contribution is 0.147. The average molecular weight is 346 g/mol. The summed E-state index contributed by atoms with van der Waals surface area (Å²) in [5.41, 5.74) is 0.695. The molecule has 1 fully saturated rings. The molecule has 1 aliphatic rings. The van der Waals surface area contributed by atoms with Crippen LogP contribution in [-0.4, -0.2) is 34.1 Å². The number of benzene rings is 1. The van der Waals surface area contributed by atoms with Crippen molar-refractivity contribution < 1.29 is 13.9 Å². The summed E-state index contributed by atoms with van der Waals surface area (Å²) >= 11 is 0. The smallest absolute Gasteiger partial charge is 0.318 e. The molecule has 0 radical (unpaired) electrons. The molecule has 2 N–H and O–H groups in total. The van der Waals surface area contributed by atoms with E-state index in [1.807, 2.05) is 6.92 Å². The maximum atomic E-state index is 13.9.